The molecule has 3 aromatic rings. The predicted octanol–water partition coefficient (Wildman–Crippen LogP) is 2.10. The molecule has 8 heteroatoms. The van der Waals surface area contributed by atoms with E-state index in [1.54, 1.807) is 7.05 Å². The van der Waals surface area contributed by atoms with E-state index in [2.05, 4.69) is 11.9 Å². The Morgan fingerprint density at radius 1 is 1.11 bits per heavy atom. The average molecular weight is 384 g/mol. The van der Waals surface area contributed by atoms with E-state index in [0.717, 1.165) is 23.8 Å². The van der Waals surface area contributed by atoms with Crippen LogP contribution in [0.15, 0.2) is 46.2 Å². The molecule has 0 bridgehead atoms. The number of ether oxygens (including phenoxy) is 1. The van der Waals surface area contributed by atoms with E-state index in [1.165, 1.54) is 22.5 Å². The number of unbranched alkanes of at least 4 members (excludes halogenated alkanes) is 2. The number of aryl methyl sites for hydroxylation is 1. The third-order valence-electron chi connectivity index (χ3n) is 4.74. The molecule has 3 rings (SSSR count). The number of nitrogens with zero attached hydrogens (tertiary/aromatic N) is 4. The van der Waals surface area contributed by atoms with Crippen molar-refractivity contribution in [3.63, 3.8) is 0 Å². The van der Waals surface area contributed by atoms with Crippen LogP contribution in [-0.4, -0.2) is 24.7 Å². The molecule has 148 valence electrons. The van der Waals surface area contributed by atoms with Gasteiger partial charge in [0.25, 0.3) is 5.56 Å². The average Bonchev–Trinajstić information content (AvgIpc) is 3.14. The first-order valence-electron chi connectivity index (χ1n) is 9.32. The molecule has 2 aromatic heterocycles. The van der Waals surface area contributed by atoms with Crippen molar-refractivity contribution < 1.29 is 9.53 Å². The van der Waals surface area contributed by atoms with Crippen molar-refractivity contribution in [1.82, 2.24) is 18.7 Å². The van der Waals surface area contributed by atoms with Crippen molar-refractivity contribution in [2.24, 2.45) is 14.1 Å². The molecule has 0 N–H and O–H groups in total. The Kier molecular flexibility index (Phi) is 5.77. The molecule has 0 spiro atoms. The van der Waals surface area contributed by atoms with Gasteiger partial charge in [0.05, 0.1) is 0 Å². The Morgan fingerprint density at radius 3 is 2.50 bits per heavy atom. The smallest absolute Gasteiger partial charge is 0.332 e. The van der Waals surface area contributed by atoms with E-state index >= 15 is 0 Å². The van der Waals surface area contributed by atoms with Crippen molar-refractivity contribution in [3.8, 4) is 0 Å². The molecule has 0 saturated heterocycles. The Morgan fingerprint density at radius 2 is 1.82 bits per heavy atom. The summed E-state index contributed by atoms with van der Waals surface area (Å²) < 4.78 is 9.59. The highest BCUT2D eigenvalue weighted by molar-refractivity contribution is 5.72. The first-order chi connectivity index (χ1) is 13.5. The SMILES string of the molecule is CCCCCC(=O)OC(c1ccccc1)n1cnc2c1c(=O)n(C)c(=O)n2C. The molecule has 2 heterocycles. The van der Waals surface area contributed by atoms with Crippen molar-refractivity contribution in [2.75, 3.05) is 0 Å². The minimum Gasteiger partial charge on any atom is -0.437 e. The lowest BCUT2D eigenvalue weighted by molar-refractivity contribution is -0.151. The molecule has 0 fully saturated rings. The number of benzene rings is 1. The summed E-state index contributed by atoms with van der Waals surface area (Å²) >= 11 is 0. The summed E-state index contributed by atoms with van der Waals surface area (Å²) in [6.07, 6.45) is 3.60. The second-order valence-corrected chi connectivity index (χ2v) is 6.74. The third kappa shape index (κ3) is 3.62. The number of esters is 1. The maximum Gasteiger partial charge on any atom is 0.332 e. The first-order valence-corrected chi connectivity index (χ1v) is 9.32. The summed E-state index contributed by atoms with van der Waals surface area (Å²) in [6.45, 7) is 2.07. The van der Waals surface area contributed by atoms with Crippen molar-refractivity contribution in [3.05, 3.63) is 63.1 Å². The van der Waals surface area contributed by atoms with Gasteiger partial charge in [-0.3, -0.25) is 23.3 Å². The molecule has 1 unspecified atom stereocenters. The molecule has 1 aromatic carbocycles. The van der Waals surface area contributed by atoms with Gasteiger partial charge < -0.3 is 4.74 Å². The zero-order valence-corrected chi connectivity index (χ0v) is 16.3. The van der Waals surface area contributed by atoms with Crippen LogP contribution >= 0.6 is 0 Å². The van der Waals surface area contributed by atoms with Gasteiger partial charge in [0.1, 0.15) is 6.33 Å². The number of hydrogen-bond donors (Lipinski definition) is 0. The van der Waals surface area contributed by atoms with Crippen LogP contribution in [0.2, 0.25) is 0 Å². The maximum absolute atomic E-state index is 12.8. The molecular weight excluding hydrogens is 360 g/mol. The molecule has 0 saturated carbocycles. The standard InChI is InChI=1S/C20H24N4O4/c1-4-5-7-12-15(25)28-19(14-10-8-6-9-11-14)24-13-21-17-16(24)18(26)23(3)20(27)22(17)2/h6,8-11,13,19H,4-5,7,12H2,1-3H3. The fraction of sp³-hybridized carbons (Fsp3) is 0.400. The molecule has 0 aliphatic carbocycles. The number of aromatic nitrogens is 4. The monoisotopic (exact) mass is 384 g/mol. The molecule has 0 aliphatic rings. The quantitative estimate of drug-likeness (QED) is 0.460. The zero-order valence-electron chi connectivity index (χ0n) is 16.3. The maximum atomic E-state index is 12.8. The molecule has 8 nitrogen and oxygen atoms in total. The van der Waals surface area contributed by atoms with Crippen LogP contribution < -0.4 is 11.2 Å². The van der Waals surface area contributed by atoms with Gasteiger partial charge in [0.2, 0.25) is 6.23 Å². The number of carbonyl (C=O) groups is 1. The number of imidazole rings is 1. The molecule has 0 aliphatic heterocycles. The highest BCUT2D eigenvalue weighted by Crippen LogP contribution is 2.24. The van der Waals surface area contributed by atoms with Gasteiger partial charge >= 0.3 is 11.7 Å². The van der Waals surface area contributed by atoms with Crippen LogP contribution in [-0.2, 0) is 23.6 Å². The van der Waals surface area contributed by atoms with Gasteiger partial charge in [-0.15, -0.1) is 0 Å². The largest absolute Gasteiger partial charge is 0.437 e. The van der Waals surface area contributed by atoms with Gasteiger partial charge in [-0.2, -0.15) is 0 Å². The highest BCUT2D eigenvalue weighted by atomic mass is 16.6. The van der Waals surface area contributed by atoms with E-state index in [9.17, 15) is 14.4 Å². The molecule has 0 amide bonds. The van der Waals surface area contributed by atoms with Gasteiger partial charge in [0.15, 0.2) is 11.2 Å². The summed E-state index contributed by atoms with van der Waals surface area (Å²) in [7, 11) is 2.96. The number of rotatable bonds is 7. The van der Waals surface area contributed by atoms with Crippen LogP contribution in [0, 0.1) is 0 Å². The summed E-state index contributed by atoms with van der Waals surface area (Å²) in [5.74, 6) is -0.342. The lowest BCUT2D eigenvalue weighted by Crippen LogP contribution is -2.38. The van der Waals surface area contributed by atoms with Crippen LogP contribution in [0.5, 0.6) is 0 Å². The summed E-state index contributed by atoms with van der Waals surface area (Å²) in [4.78, 5) is 41.6. The van der Waals surface area contributed by atoms with Crippen LogP contribution in [0.1, 0.15) is 44.4 Å². The number of fused-ring (bicyclic) bond motifs is 1. The Hall–Kier alpha value is -3.16. The predicted molar refractivity (Wildman–Crippen MR) is 105 cm³/mol. The van der Waals surface area contributed by atoms with Crippen molar-refractivity contribution >= 4 is 17.1 Å². The number of hydrogen-bond acceptors (Lipinski definition) is 5. The van der Waals surface area contributed by atoms with E-state index in [1.807, 2.05) is 30.3 Å². The Bertz CT molecular complexity index is 1100. The topological polar surface area (TPSA) is 88.1 Å². The molecular formula is C20H24N4O4. The van der Waals surface area contributed by atoms with Crippen molar-refractivity contribution in [1.29, 1.82) is 0 Å². The fourth-order valence-electron chi connectivity index (χ4n) is 3.15. The van der Waals surface area contributed by atoms with Gasteiger partial charge in [-0.25, -0.2) is 9.78 Å². The van der Waals surface area contributed by atoms with E-state index in [-0.39, 0.29) is 17.1 Å². The van der Waals surface area contributed by atoms with E-state index in [0.29, 0.717) is 12.0 Å². The lowest BCUT2D eigenvalue weighted by atomic mass is 10.2. The molecule has 28 heavy (non-hydrogen) atoms. The minimum absolute atomic E-state index is 0.208. The third-order valence-corrected chi connectivity index (χ3v) is 4.74. The van der Waals surface area contributed by atoms with Gasteiger partial charge in [0, 0.05) is 26.1 Å². The normalized spacial score (nSPS) is 12.2. The van der Waals surface area contributed by atoms with Crippen LogP contribution in [0.25, 0.3) is 11.2 Å². The minimum atomic E-state index is -0.842. The molecule has 1 atom stereocenters. The lowest BCUT2D eigenvalue weighted by Gasteiger charge is -2.20. The second-order valence-electron chi connectivity index (χ2n) is 6.74. The Labute approximate surface area is 162 Å². The fourth-order valence-corrected chi connectivity index (χ4v) is 3.15. The van der Waals surface area contributed by atoms with E-state index < -0.39 is 17.5 Å². The Balaban J connectivity index is 2.10. The molecule has 0 radical (unpaired) electrons. The van der Waals surface area contributed by atoms with E-state index in [4.69, 9.17) is 4.74 Å². The first kappa shape index (κ1) is 19.6. The number of carbonyl (C=O) groups excluding carboxylic acids is 1. The van der Waals surface area contributed by atoms with Crippen LogP contribution in [0.3, 0.4) is 0 Å². The van der Waals surface area contributed by atoms with Gasteiger partial charge in [-0.05, 0) is 6.42 Å². The van der Waals surface area contributed by atoms with Crippen LogP contribution in [0.4, 0.5) is 0 Å². The summed E-state index contributed by atoms with van der Waals surface area (Å²) in [5.41, 5.74) is 0.214. The summed E-state index contributed by atoms with van der Waals surface area (Å²) in [6, 6.07) is 9.17. The summed E-state index contributed by atoms with van der Waals surface area (Å²) in [5, 5.41) is 0. The van der Waals surface area contributed by atoms with Gasteiger partial charge in [-0.1, -0.05) is 50.1 Å². The highest BCUT2D eigenvalue weighted by Gasteiger charge is 2.24. The second kappa shape index (κ2) is 8.24. The van der Waals surface area contributed by atoms with Crippen molar-refractivity contribution in [2.45, 2.75) is 38.8 Å². The zero-order chi connectivity index (χ0) is 20.3.